The van der Waals surface area contributed by atoms with Crippen LogP contribution in [0.25, 0.3) is 0 Å². The van der Waals surface area contributed by atoms with Crippen LogP contribution in [0.2, 0.25) is 5.02 Å². The summed E-state index contributed by atoms with van der Waals surface area (Å²) in [5.41, 5.74) is 0. The van der Waals surface area contributed by atoms with Crippen molar-refractivity contribution in [2.75, 3.05) is 13.6 Å². The minimum Gasteiger partial charge on any atom is -0.480 e. The van der Waals surface area contributed by atoms with Crippen molar-refractivity contribution in [2.45, 2.75) is 13.0 Å². The second-order valence-corrected chi connectivity index (χ2v) is 3.75. The lowest BCUT2D eigenvalue weighted by Gasteiger charge is -2.14. The van der Waals surface area contributed by atoms with E-state index in [9.17, 15) is 9.59 Å². The highest BCUT2D eigenvalue weighted by Crippen LogP contribution is 2.05. The lowest BCUT2D eigenvalue weighted by molar-refractivity contribution is -0.143. The zero-order valence-electron chi connectivity index (χ0n) is 8.76. The number of carboxylic acid groups (broad SMARTS) is 1. The Morgan fingerprint density at radius 2 is 2.31 bits per heavy atom. The highest BCUT2D eigenvalue weighted by molar-refractivity contribution is 6.30. The first-order valence-corrected chi connectivity index (χ1v) is 5.00. The Morgan fingerprint density at radius 1 is 1.62 bits per heavy atom. The van der Waals surface area contributed by atoms with Gasteiger partial charge in [-0.2, -0.15) is 5.10 Å². The van der Waals surface area contributed by atoms with Gasteiger partial charge in [-0.05, 0) is 0 Å². The van der Waals surface area contributed by atoms with Crippen molar-refractivity contribution in [1.82, 2.24) is 14.7 Å². The van der Waals surface area contributed by atoms with E-state index in [-0.39, 0.29) is 18.9 Å². The van der Waals surface area contributed by atoms with Crippen molar-refractivity contribution >= 4 is 23.5 Å². The van der Waals surface area contributed by atoms with Crippen LogP contribution in [0.15, 0.2) is 12.4 Å². The Hall–Kier alpha value is -1.56. The Labute approximate surface area is 97.4 Å². The van der Waals surface area contributed by atoms with E-state index in [1.807, 2.05) is 0 Å². The summed E-state index contributed by atoms with van der Waals surface area (Å²) in [5.74, 6) is -1.27. The molecule has 1 N–H and O–H groups in total. The number of hydrogen-bond donors (Lipinski definition) is 1. The Morgan fingerprint density at radius 3 is 2.81 bits per heavy atom. The molecule has 0 spiro atoms. The predicted molar refractivity (Wildman–Crippen MR) is 57.1 cm³/mol. The number of aromatic nitrogens is 2. The van der Waals surface area contributed by atoms with Gasteiger partial charge in [-0.15, -0.1) is 0 Å². The molecule has 0 aliphatic carbocycles. The lowest BCUT2D eigenvalue weighted by atomic mass is 10.3. The molecule has 0 aliphatic heterocycles. The highest BCUT2D eigenvalue weighted by Gasteiger charge is 2.11. The Kier molecular flexibility index (Phi) is 4.30. The molecule has 6 nitrogen and oxygen atoms in total. The van der Waals surface area contributed by atoms with E-state index in [0.717, 1.165) is 4.90 Å². The van der Waals surface area contributed by atoms with Crippen LogP contribution in [0, 0.1) is 0 Å². The molecule has 0 unspecified atom stereocenters. The fourth-order valence-corrected chi connectivity index (χ4v) is 1.31. The summed E-state index contributed by atoms with van der Waals surface area (Å²) in [6.45, 7) is 0.0915. The smallest absolute Gasteiger partial charge is 0.323 e. The second kappa shape index (κ2) is 5.50. The summed E-state index contributed by atoms with van der Waals surface area (Å²) in [4.78, 5) is 23.0. The Balaban J connectivity index is 2.37. The largest absolute Gasteiger partial charge is 0.480 e. The fraction of sp³-hybridized carbons (Fsp3) is 0.444. The van der Waals surface area contributed by atoms with E-state index in [1.165, 1.54) is 17.9 Å². The van der Waals surface area contributed by atoms with Gasteiger partial charge in [0.1, 0.15) is 6.54 Å². The third kappa shape index (κ3) is 3.90. The molecule has 0 radical (unpaired) electrons. The van der Waals surface area contributed by atoms with Crippen molar-refractivity contribution in [2.24, 2.45) is 0 Å². The monoisotopic (exact) mass is 245 g/mol. The molecule has 0 aromatic carbocycles. The zero-order valence-corrected chi connectivity index (χ0v) is 9.52. The standard InChI is InChI=1S/C9H12ClN3O3/c1-12(6-9(15)16)8(14)2-3-13-5-7(10)4-11-13/h4-5H,2-3,6H2,1H3,(H,15,16). The summed E-state index contributed by atoms with van der Waals surface area (Å²) < 4.78 is 1.54. The molecular weight excluding hydrogens is 234 g/mol. The van der Waals surface area contributed by atoms with E-state index in [4.69, 9.17) is 16.7 Å². The molecule has 0 saturated heterocycles. The molecule has 0 fully saturated rings. The van der Waals surface area contributed by atoms with Gasteiger partial charge >= 0.3 is 5.97 Å². The van der Waals surface area contributed by atoms with Crippen molar-refractivity contribution in [3.05, 3.63) is 17.4 Å². The topological polar surface area (TPSA) is 75.4 Å². The van der Waals surface area contributed by atoms with Crippen LogP contribution in [0.3, 0.4) is 0 Å². The van der Waals surface area contributed by atoms with Gasteiger partial charge in [-0.25, -0.2) is 0 Å². The first-order chi connectivity index (χ1) is 7.49. The number of carboxylic acids is 1. The summed E-state index contributed by atoms with van der Waals surface area (Å²) >= 11 is 5.65. The number of aliphatic carboxylic acids is 1. The summed E-state index contributed by atoms with van der Waals surface area (Å²) in [7, 11) is 1.45. The van der Waals surface area contributed by atoms with Gasteiger partial charge in [0.15, 0.2) is 0 Å². The summed E-state index contributed by atoms with van der Waals surface area (Å²) in [6, 6.07) is 0. The highest BCUT2D eigenvalue weighted by atomic mass is 35.5. The van der Waals surface area contributed by atoms with Crippen LogP contribution < -0.4 is 0 Å². The van der Waals surface area contributed by atoms with E-state index < -0.39 is 5.97 Å². The van der Waals surface area contributed by atoms with Crippen LogP contribution in [0.5, 0.6) is 0 Å². The molecule has 88 valence electrons. The Bertz CT molecular complexity index is 391. The number of rotatable bonds is 5. The quantitative estimate of drug-likeness (QED) is 0.818. The number of aryl methyl sites for hydroxylation is 1. The van der Waals surface area contributed by atoms with Crippen molar-refractivity contribution in [3.8, 4) is 0 Å². The van der Waals surface area contributed by atoms with E-state index in [1.54, 1.807) is 6.20 Å². The van der Waals surface area contributed by atoms with Crippen LogP contribution >= 0.6 is 11.6 Å². The second-order valence-electron chi connectivity index (χ2n) is 3.32. The third-order valence-electron chi connectivity index (χ3n) is 1.95. The third-order valence-corrected chi connectivity index (χ3v) is 2.15. The fourth-order valence-electron chi connectivity index (χ4n) is 1.15. The average Bonchev–Trinajstić information content (AvgIpc) is 2.59. The van der Waals surface area contributed by atoms with Crippen LogP contribution in [-0.2, 0) is 16.1 Å². The van der Waals surface area contributed by atoms with E-state index in [2.05, 4.69) is 5.10 Å². The van der Waals surface area contributed by atoms with E-state index >= 15 is 0 Å². The molecular formula is C9H12ClN3O3. The minimum atomic E-state index is -1.03. The van der Waals surface area contributed by atoms with Gasteiger partial charge in [0.2, 0.25) is 5.91 Å². The molecule has 7 heteroatoms. The van der Waals surface area contributed by atoms with Crippen molar-refractivity contribution < 1.29 is 14.7 Å². The summed E-state index contributed by atoms with van der Waals surface area (Å²) in [6.07, 6.45) is 3.28. The van der Waals surface area contributed by atoms with Gasteiger partial charge in [0.25, 0.3) is 0 Å². The molecule has 1 heterocycles. The zero-order chi connectivity index (χ0) is 12.1. The number of carbonyl (C=O) groups excluding carboxylic acids is 1. The molecule has 0 bridgehead atoms. The van der Waals surface area contributed by atoms with Crippen LogP contribution in [-0.4, -0.2) is 45.3 Å². The molecule has 0 saturated carbocycles. The van der Waals surface area contributed by atoms with Crippen LogP contribution in [0.1, 0.15) is 6.42 Å². The maximum atomic E-state index is 11.4. The van der Waals surface area contributed by atoms with E-state index in [0.29, 0.717) is 11.6 Å². The van der Waals surface area contributed by atoms with Crippen molar-refractivity contribution in [1.29, 1.82) is 0 Å². The normalized spacial score (nSPS) is 10.1. The maximum Gasteiger partial charge on any atom is 0.323 e. The van der Waals surface area contributed by atoms with Gasteiger partial charge in [0.05, 0.1) is 11.2 Å². The molecule has 16 heavy (non-hydrogen) atoms. The SMILES string of the molecule is CN(CC(=O)O)C(=O)CCn1cc(Cl)cn1. The number of hydrogen-bond acceptors (Lipinski definition) is 3. The molecule has 0 atom stereocenters. The van der Waals surface area contributed by atoms with Crippen molar-refractivity contribution in [3.63, 3.8) is 0 Å². The number of halogens is 1. The van der Waals surface area contributed by atoms with Gasteiger partial charge in [-0.1, -0.05) is 11.6 Å². The summed E-state index contributed by atoms with van der Waals surface area (Å²) in [5, 5.41) is 12.9. The maximum absolute atomic E-state index is 11.4. The van der Waals surface area contributed by atoms with Crippen LogP contribution in [0.4, 0.5) is 0 Å². The minimum absolute atomic E-state index is 0.196. The molecule has 1 aromatic rings. The predicted octanol–water partition coefficient (Wildman–Crippen LogP) is 0.470. The number of likely N-dealkylation sites (N-methyl/N-ethyl adjacent to an activating group) is 1. The molecule has 1 rings (SSSR count). The first-order valence-electron chi connectivity index (χ1n) is 4.62. The number of nitrogens with zero attached hydrogens (tertiary/aromatic N) is 3. The average molecular weight is 246 g/mol. The van der Waals surface area contributed by atoms with Gasteiger partial charge in [-0.3, -0.25) is 14.3 Å². The number of amides is 1. The molecule has 1 amide bonds. The molecule has 0 aliphatic rings. The first kappa shape index (κ1) is 12.5. The van der Waals surface area contributed by atoms with Gasteiger partial charge in [0, 0.05) is 26.2 Å². The lowest BCUT2D eigenvalue weighted by Crippen LogP contribution is -2.32. The van der Waals surface area contributed by atoms with Gasteiger partial charge < -0.3 is 10.0 Å². The number of carbonyl (C=O) groups is 2. The molecule has 1 aromatic heterocycles.